The highest BCUT2D eigenvalue weighted by Crippen LogP contribution is 2.51. The van der Waals surface area contributed by atoms with Gasteiger partial charge in [0.2, 0.25) is 0 Å². The summed E-state index contributed by atoms with van der Waals surface area (Å²) in [6, 6.07) is 0. The Kier molecular flexibility index (Phi) is 7.50. The quantitative estimate of drug-likeness (QED) is 0.322. The Labute approximate surface area is 158 Å². The van der Waals surface area contributed by atoms with E-state index in [9.17, 15) is 0 Å². The molecule has 0 radical (unpaired) electrons. The van der Waals surface area contributed by atoms with Gasteiger partial charge in [0.1, 0.15) is 0 Å². The summed E-state index contributed by atoms with van der Waals surface area (Å²) in [6.07, 6.45) is 23.5. The van der Waals surface area contributed by atoms with E-state index in [1.165, 1.54) is 64.2 Å². The first-order valence-electron chi connectivity index (χ1n) is 11.8. The van der Waals surface area contributed by atoms with Crippen LogP contribution in [0.2, 0.25) is 0 Å². The van der Waals surface area contributed by atoms with Crippen molar-refractivity contribution < 1.29 is 0 Å². The number of fused-ring (bicyclic) bond motifs is 1. The van der Waals surface area contributed by atoms with Crippen LogP contribution < -0.4 is 0 Å². The van der Waals surface area contributed by atoms with Gasteiger partial charge in [0.25, 0.3) is 0 Å². The molecule has 3 aliphatic rings. The van der Waals surface area contributed by atoms with Crippen LogP contribution in [0.1, 0.15) is 111 Å². The van der Waals surface area contributed by atoms with Gasteiger partial charge >= 0.3 is 0 Å². The molecular formula is C25H44. The number of hydrogen-bond donors (Lipinski definition) is 0. The molecular weight excluding hydrogens is 300 g/mol. The van der Waals surface area contributed by atoms with Crippen molar-refractivity contribution in [2.45, 2.75) is 111 Å². The molecule has 25 heavy (non-hydrogen) atoms. The zero-order valence-electron chi connectivity index (χ0n) is 17.4. The molecule has 5 atom stereocenters. The lowest BCUT2D eigenvalue weighted by Gasteiger charge is -2.36. The van der Waals surface area contributed by atoms with Crippen molar-refractivity contribution in [1.29, 1.82) is 0 Å². The second-order valence-corrected chi connectivity index (χ2v) is 10.3. The maximum Gasteiger partial charge on any atom is -0.0294 e. The first-order chi connectivity index (χ1) is 12.1. The van der Waals surface area contributed by atoms with Crippen LogP contribution in [-0.4, -0.2) is 0 Å². The molecule has 0 aromatic rings. The topological polar surface area (TPSA) is 0 Å². The number of allylic oxidation sites excluding steroid dienone is 2. The molecule has 3 aliphatic carbocycles. The van der Waals surface area contributed by atoms with Crippen molar-refractivity contribution in [3.63, 3.8) is 0 Å². The largest absolute Gasteiger partial charge is 0.0850 e. The van der Waals surface area contributed by atoms with E-state index >= 15 is 0 Å². The van der Waals surface area contributed by atoms with Gasteiger partial charge in [-0.15, -0.1) is 0 Å². The smallest absolute Gasteiger partial charge is 0.0294 e. The summed E-state index contributed by atoms with van der Waals surface area (Å²) in [5, 5.41) is 0. The molecule has 0 N–H and O–H groups in total. The highest BCUT2D eigenvalue weighted by molar-refractivity contribution is 5.07. The molecule has 0 aromatic carbocycles. The highest BCUT2D eigenvalue weighted by Gasteiger charge is 2.41. The fourth-order valence-corrected chi connectivity index (χ4v) is 6.49. The fraction of sp³-hybridized carbons (Fsp3) is 0.920. The molecule has 0 nitrogen and oxygen atoms in total. The minimum absolute atomic E-state index is 0.894. The third-order valence-corrected chi connectivity index (χ3v) is 7.87. The lowest BCUT2D eigenvalue weighted by atomic mass is 9.69. The molecule has 3 saturated carbocycles. The van der Waals surface area contributed by atoms with Crippen molar-refractivity contribution in [1.82, 2.24) is 0 Å². The minimum Gasteiger partial charge on any atom is -0.0850 e. The van der Waals surface area contributed by atoms with Crippen molar-refractivity contribution in [2.75, 3.05) is 0 Å². The number of hydrogen-bond acceptors (Lipinski definition) is 0. The van der Waals surface area contributed by atoms with Gasteiger partial charge in [0.15, 0.2) is 0 Å². The van der Waals surface area contributed by atoms with E-state index in [0.717, 1.165) is 35.5 Å². The molecule has 144 valence electrons. The summed E-state index contributed by atoms with van der Waals surface area (Å²) < 4.78 is 0. The van der Waals surface area contributed by atoms with E-state index in [0.29, 0.717) is 0 Å². The standard InChI is InChI=1S/C25H44/c1-19(2)8-4-5-11-22-16-17-25-23(12-7-13-24(22)25)15-14-21-10-6-9-20(3)18-21/h14,19-20,22-25H,4-13,15-18H2,1-3H3/t20-,22+,23?,24?,25?/m1/s1. The maximum absolute atomic E-state index is 2.71. The Hall–Kier alpha value is -0.260. The van der Waals surface area contributed by atoms with Gasteiger partial charge in [-0.3, -0.25) is 0 Å². The molecule has 0 aliphatic heterocycles. The average molecular weight is 345 g/mol. The molecule has 3 fully saturated rings. The maximum atomic E-state index is 2.71. The van der Waals surface area contributed by atoms with E-state index in [4.69, 9.17) is 0 Å². The third kappa shape index (κ3) is 5.61. The first kappa shape index (κ1) is 19.5. The molecule has 0 saturated heterocycles. The van der Waals surface area contributed by atoms with Gasteiger partial charge in [0.05, 0.1) is 0 Å². The highest BCUT2D eigenvalue weighted by atomic mass is 14.5. The van der Waals surface area contributed by atoms with Crippen LogP contribution in [0.4, 0.5) is 0 Å². The lowest BCUT2D eigenvalue weighted by molar-refractivity contribution is 0.149. The monoisotopic (exact) mass is 344 g/mol. The predicted molar refractivity (Wildman–Crippen MR) is 111 cm³/mol. The van der Waals surface area contributed by atoms with Gasteiger partial charge < -0.3 is 0 Å². The Bertz CT molecular complexity index is 418. The zero-order chi connectivity index (χ0) is 17.6. The van der Waals surface area contributed by atoms with E-state index in [-0.39, 0.29) is 0 Å². The second kappa shape index (κ2) is 9.61. The van der Waals surface area contributed by atoms with Crippen LogP contribution in [0.3, 0.4) is 0 Å². The zero-order valence-corrected chi connectivity index (χ0v) is 17.4. The van der Waals surface area contributed by atoms with E-state index in [1.54, 1.807) is 25.7 Å². The minimum atomic E-state index is 0.894. The Morgan fingerprint density at radius 1 is 0.920 bits per heavy atom. The van der Waals surface area contributed by atoms with Crippen molar-refractivity contribution in [3.8, 4) is 0 Å². The van der Waals surface area contributed by atoms with E-state index < -0.39 is 0 Å². The fourth-order valence-electron chi connectivity index (χ4n) is 6.49. The molecule has 3 rings (SSSR count). The van der Waals surface area contributed by atoms with Crippen molar-refractivity contribution in [3.05, 3.63) is 11.6 Å². The second-order valence-electron chi connectivity index (χ2n) is 10.3. The van der Waals surface area contributed by atoms with Crippen LogP contribution >= 0.6 is 0 Å². The van der Waals surface area contributed by atoms with Crippen molar-refractivity contribution >= 4 is 0 Å². The van der Waals surface area contributed by atoms with Crippen LogP contribution in [0.5, 0.6) is 0 Å². The van der Waals surface area contributed by atoms with Crippen molar-refractivity contribution in [2.24, 2.45) is 35.5 Å². The molecule has 0 aromatic heterocycles. The number of unbranched alkanes of at least 4 members (excludes halogenated alkanes) is 1. The summed E-state index contributed by atoms with van der Waals surface area (Å²) in [7, 11) is 0. The van der Waals surface area contributed by atoms with Crippen LogP contribution in [-0.2, 0) is 0 Å². The van der Waals surface area contributed by atoms with Gasteiger partial charge in [-0.2, -0.15) is 0 Å². The van der Waals surface area contributed by atoms with Gasteiger partial charge in [0, 0.05) is 0 Å². The molecule has 0 heterocycles. The van der Waals surface area contributed by atoms with Gasteiger partial charge in [-0.25, -0.2) is 0 Å². The Morgan fingerprint density at radius 2 is 1.76 bits per heavy atom. The lowest BCUT2D eigenvalue weighted by Crippen LogP contribution is -2.27. The summed E-state index contributed by atoms with van der Waals surface area (Å²) >= 11 is 0. The summed E-state index contributed by atoms with van der Waals surface area (Å²) in [4.78, 5) is 0. The summed E-state index contributed by atoms with van der Waals surface area (Å²) in [6.45, 7) is 7.20. The third-order valence-electron chi connectivity index (χ3n) is 7.87. The Morgan fingerprint density at radius 3 is 2.56 bits per heavy atom. The first-order valence-corrected chi connectivity index (χ1v) is 11.8. The summed E-state index contributed by atoms with van der Waals surface area (Å²) in [5.41, 5.74) is 1.81. The van der Waals surface area contributed by atoms with Crippen LogP contribution in [0.25, 0.3) is 0 Å². The van der Waals surface area contributed by atoms with E-state index in [1.807, 2.05) is 5.57 Å². The van der Waals surface area contributed by atoms with E-state index in [2.05, 4.69) is 26.8 Å². The molecule has 0 spiro atoms. The molecule has 3 unspecified atom stereocenters. The molecule has 0 heteroatoms. The average Bonchev–Trinajstić information content (AvgIpc) is 3.00. The Balaban J connectivity index is 1.47. The predicted octanol–water partition coefficient (Wildman–Crippen LogP) is 8.17. The molecule has 0 bridgehead atoms. The molecule has 0 amide bonds. The van der Waals surface area contributed by atoms with Crippen LogP contribution in [0, 0.1) is 35.5 Å². The normalized spacial score (nSPS) is 37.6. The number of rotatable bonds is 7. The SMILES string of the molecule is CC(C)CCCC[C@H]1CCC2C(CC=C3CCC[C@@H](C)C3)CCCC21. The van der Waals surface area contributed by atoms with Crippen LogP contribution in [0.15, 0.2) is 11.6 Å². The summed E-state index contributed by atoms with van der Waals surface area (Å²) in [5.74, 6) is 6.14. The van der Waals surface area contributed by atoms with Gasteiger partial charge in [-0.1, -0.05) is 70.9 Å². The van der Waals surface area contributed by atoms with Gasteiger partial charge in [-0.05, 0) is 86.9 Å².